The van der Waals surface area contributed by atoms with Gasteiger partial charge in [0.05, 0.1) is 34.6 Å². The zero-order valence-corrected chi connectivity index (χ0v) is 10.7. The molecule has 1 fully saturated rings. The molecule has 0 aliphatic heterocycles. The lowest BCUT2D eigenvalue weighted by atomic mass is 10.3. The second-order valence-electron chi connectivity index (χ2n) is 4.81. The third-order valence-electron chi connectivity index (χ3n) is 3.36. The van der Waals surface area contributed by atoms with E-state index in [0.717, 1.165) is 23.7 Å². The van der Waals surface area contributed by atoms with Crippen molar-refractivity contribution in [3.8, 4) is 0 Å². The summed E-state index contributed by atoms with van der Waals surface area (Å²) in [5.41, 5.74) is 3.39. The summed E-state index contributed by atoms with van der Waals surface area (Å²) in [6.45, 7) is 0.823. The lowest BCUT2D eigenvalue weighted by molar-refractivity contribution is 0.797. The van der Waals surface area contributed by atoms with Crippen LogP contribution >= 0.6 is 11.3 Å². The van der Waals surface area contributed by atoms with Gasteiger partial charge in [-0.3, -0.25) is 0 Å². The lowest BCUT2D eigenvalue weighted by Crippen LogP contribution is -1.98. The van der Waals surface area contributed by atoms with Crippen LogP contribution in [0.3, 0.4) is 0 Å². The summed E-state index contributed by atoms with van der Waals surface area (Å²) in [6.07, 6.45) is 4.54. The third-order valence-corrected chi connectivity index (χ3v) is 4.41. The van der Waals surface area contributed by atoms with E-state index >= 15 is 0 Å². The molecule has 0 atom stereocenters. The van der Waals surface area contributed by atoms with E-state index < -0.39 is 0 Å². The Hall–Kier alpha value is -1.68. The Morgan fingerprint density at radius 2 is 2.17 bits per heavy atom. The SMILES string of the molecule is c1ccc2c(c1)ncn2Cc1csc(C2CC2)n1. The Morgan fingerprint density at radius 3 is 3.06 bits per heavy atom. The quantitative estimate of drug-likeness (QED) is 0.718. The van der Waals surface area contributed by atoms with Gasteiger partial charge in [-0.25, -0.2) is 9.97 Å². The van der Waals surface area contributed by atoms with Gasteiger partial charge in [0.2, 0.25) is 0 Å². The second kappa shape index (κ2) is 3.92. The van der Waals surface area contributed by atoms with E-state index in [9.17, 15) is 0 Å². The molecule has 1 aliphatic carbocycles. The van der Waals surface area contributed by atoms with Gasteiger partial charge < -0.3 is 4.57 Å². The molecule has 90 valence electrons. The first-order valence-electron chi connectivity index (χ1n) is 6.24. The molecule has 4 heteroatoms. The Balaban J connectivity index is 1.66. The van der Waals surface area contributed by atoms with Crippen molar-refractivity contribution < 1.29 is 0 Å². The van der Waals surface area contributed by atoms with Crippen LogP contribution in [-0.2, 0) is 6.54 Å². The molecule has 1 aromatic carbocycles. The van der Waals surface area contributed by atoms with Crippen LogP contribution in [0.5, 0.6) is 0 Å². The fourth-order valence-corrected chi connectivity index (χ4v) is 3.21. The summed E-state index contributed by atoms with van der Waals surface area (Å²) in [4.78, 5) is 9.13. The van der Waals surface area contributed by atoms with Gasteiger partial charge in [0, 0.05) is 11.3 Å². The van der Waals surface area contributed by atoms with Crippen LogP contribution in [0, 0.1) is 0 Å². The van der Waals surface area contributed by atoms with Crippen LogP contribution < -0.4 is 0 Å². The highest BCUT2D eigenvalue weighted by atomic mass is 32.1. The maximum absolute atomic E-state index is 4.72. The fourth-order valence-electron chi connectivity index (χ4n) is 2.22. The monoisotopic (exact) mass is 255 g/mol. The lowest BCUT2D eigenvalue weighted by Gasteiger charge is -2.00. The molecular weight excluding hydrogens is 242 g/mol. The van der Waals surface area contributed by atoms with Gasteiger partial charge in [0.1, 0.15) is 0 Å². The van der Waals surface area contributed by atoms with E-state index in [1.54, 1.807) is 11.3 Å². The predicted molar refractivity (Wildman–Crippen MR) is 72.9 cm³/mol. The van der Waals surface area contributed by atoms with Crippen LogP contribution in [0.1, 0.15) is 29.5 Å². The van der Waals surface area contributed by atoms with Crippen molar-refractivity contribution in [1.82, 2.24) is 14.5 Å². The molecule has 3 aromatic rings. The molecular formula is C14H13N3S. The van der Waals surface area contributed by atoms with Gasteiger partial charge in [-0.2, -0.15) is 0 Å². The van der Waals surface area contributed by atoms with Crippen LogP contribution in [0.2, 0.25) is 0 Å². The van der Waals surface area contributed by atoms with Crippen molar-refractivity contribution in [3.63, 3.8) is 0 Å². The molecule has 0 radical (unpaired) electrons. The number of fused-ring (bicyclic) bond motifs is 1. The minimum absolute atomic E-state index is 0.753. The van der Waals surface area contributed by atoms with E-state index in [0.29, 0.717) is 0 Å². The van der Waals surface area contributed by atoms with E-state index in [-0.39, 0.29) is 0 Å². The van der Waals surface area contributed by atoms with Crippen molar-refractivity contribution in [2.24, 2.45) is 0 Å². The van der Waals surface area contributed by atoms with Crippen molar-refractivity contribution in [3.05, 3.63) is 46.7 Å². The normalized spacial score (nSPS) is 15.3. The van der Waals surface area contributed by atoms with Crippen LogP contribution in [0.25, 0.3) is 11.0 Å². The molecule has 0 spiro atoms. The van der Waals surface area contributed by atoms with Gasteiger partial charge in [-0.1, -0.05) is 12.1 Å². The van der Waals surface area contributed by atoms with E-state index in [2.05, 4.69) is 27.1 Å². The van der Waals surface area contributed by atoms with Gasteiger partial charge in [-0.15, -0.1) is 11.3 Å². The molecule has 2 heterocycles. The Morgan fingerprint density at radius 1 is 1.28 bits per heavy atom. The zero-order chi connectivity index (χ0) is 11.9. The molecule has 4 rings (SSSR count). The number of thiazole rings is 1. The van der Waals surface area contributed by atoms with E-state index in [1.807, 2.05) is 18.5 Å². The average molecular weight is 255 g/mol. The van der Waals surface area contributed by atoms with E-state index in [1.165, 1.54) is 23.4 Å². The van der Waals surface area contributed by atoms with Gasteiger partial charge in [-0.05, 0) is 25.0 Å². The molecule has 1 aliphatic rings. The summed E-state index contributed by atoms with van der Waals surface area (Å²) in [7, 11) is 0. The van der Waals surface area contributed by atoms with Crippen molar-refractivity contribution in [2.75, 3.05) is 0 Å². The van der Waals surface area contributed by atoms with Crippen LogP contribution in [0.15, 0.2) is 36.0 Å². The molecule has 0 amide bonds. The number of hydrogen-bond donors (Lipinski definition) is 0. The number of benzene rings is 1. The fraction of sp³-hybridized carbons (Fsp3) is 0.286. The van der Waals surface area contributed by atoms with Crippen molar-refractivity contribution in [2.45, 2.75) is 25.3 Å². The number of imidazole rings is 1. The van der Waals surface area contributed by atoms with Crippen LogP contribution in [0.4, 0.5) is 0 Å². The maximum atomic E-state index is 4.72. The molecule has 2 aromatic heterocycles. The molecule has 1 saturated carbocycles. The number of aromatic nitrogens is 3. The topological polar surface area (TPSA) is 30.7 Å². The van der Waals surface area contributed by atoms with E-state index in [4.69, 9.17) is 4.98 Å². The average Bonchev–Trinajstić information content (AvgIpc) is 3.02. The van der Waals surface area contributed by atoms with Crippen molar-refractivity contribution in [1.29, 1.82) is 0 Å². The molecule has 0 bridgehead atoms. The molecule has 18 heavy (non-hydrogen) atoms. The summed E-state index contributed by atoms with van der Waals surface area (Å²) < 4.78 is 2.17. The predicted octanol–water partition coefficient (Wildman–Crippen LogP) is 3.42. The number of rotatable bonds is 3. The highest BCUT2D eigenvalue weighted by Crippen LogP contribution is 2.41. The maximum Gasteiger partial charge on any atom is 0.0962 e. The number of nitrogens with zero attached hydrogens (tertiary/aromatic N) is 3. The van der Waals surface area contributed by atoms with Gasteiger partial charge in [0.25, 0.3) is 0 Å². The summed E-state index contributed by atoms with van der Waals surface area (Å²) >= 11 is 1.80. The van der Waals surface area contributed by atoms with Crippen LogP contribution in [-0.4, -0.2) is 14.5 Å². The first kappa shape index (κ1) is 10.3. The number of hydrogen-bond acceptors (Lipinski definition) is 3. The minimum atomic E-state index is 0.753. The molecule has 0 unspecified atom stereocenters. The van der Waals surface area contributed by atoms with Gasteiger partial charge in [0.15, 0.2) is 0 Å². The second-order valence-corrected chi connectivity index (χ2v) is 5.70. The minimum Gasteiger partial charge on any atom is -0.324 e. The summed E-state index contributed by atoms with van der Waals surface area (Å²) in [6, 6.07) is 8.23. The smallest absolute Gasteiger partial charge is 0.0962 e. The first-order valence-corrected chi connectivity index (χ1v) is 7.12. The Labute approximate surface area is 109 Å². The Kier molecular flexibility index (Phi) is 2.23. The molecule has 0 N–H and O–H groups in total. The Bertz CT molecular complexity index is 694. The summed E-state index contributed by atoms with van der Waals surface area (Å²) in [5.74, 6) is 0.753. The molecule has 0 saturated heterocycles. The standard InChI is InChI=1S/C14H13N3S/c1-2-4-13-12(3-1)15-9-17(13)7-11-8-18-14(16-11)10-5-6-10/h1-4,8-10H,5-7H2. The highest BCUT2D eigenvalue weighted by Gasteiger charge is 2.26. The van der Waals surface area contributed by atoms with Gasteiger partial charge >= 0.3 is 0 Å². The highest BCUT2D eigenvalue weighted by molar-refractivity contribution is 7.09. The summed E-state index contributed by atoms with van der Waals surface area (Å²) in [5, 5.41) is 3.50. The first-order chi connectivity index (χ1) is 8.90. The zero-order valence-electron chi connectivity index (χ0n) is 9.91. The third kappa shape index (κ3) is 1.73. The largest absolute Gasteiger partial charge is 0.324 e. The number of para-hydroxylation sites is 2. The molecule has 3 nitrogen and oxygen atoms in total. The van der Waals surface area contributed by atoms with Crippen molar-refractivity contribution >= 4 is 22.4 Å².